The van der Waals surface area contributed by atoms with Crippen LogP contribution in [0.25, 0.3) is 5.76 Å². The summed E-state index contributed by atoms with van der Waals surface area (Å²) >= 11 is 0. The predicted octanol–water partition coefficient (Wildman–Crippen LogP) is 3.37. The molecule has 0 radical (unpaired) electrons. The third-order valence-corrected chi connectivity index (χ3v) is 6.42. The van der Waals surface area contributed by atoms with E-state index < -0.39 is 17.7 Å². The normalized spacial score (nSPS) is 18.3. The van der Waals surface area contributed by atoms with Gasteiger partial charge in [0.15, 0.2) is 11.5 Å². The zero-order valence-electron chi connectivity index (χ0n) is 20.7. The van der Waals surface area contributed by atoms with Gasteiger partial charge in [-0.25, -0.2) is 4.57 Å². The predicted molar refractivity (Wildman–Crippen MR) is 134 cm³/mol. The molecule has 2 aliphatic rings. The van der Waals surface area contributed by atoms with E-state index in [9.17, 15) is 14.7 Å². The molecule has 1 unspecified atom stereocenters. The molecule has 2 aliphatic heterocycles. The average molecular weight is 505 g/mol. The molecule has 2 N–H and O–H groups in total. The fourth-order valence-electron chi connectivity index (χ4n) is 4.68. The molecule has 5 rings (SSSR count). The van der Waals surface area contributed by atoms with Crippen LogP contribution in [0.15, 0.2) is 66.8 Å². The number of benzene rings is 2. The fraction of sp³-hybridized carbons (Fsp3) is 0.321. The molecule has 3 aromatic rings. The summed E-state index contributed by atoms with van der Waals surface area (Å²) in [4.78, 5) is 31.1. The molecule has 0 saturated carbocycles. The van der Waals surface area contributed by atoms with Crippen molar-refractivity contribution in [2.24, 2.45) is 0 Å². The van der Waals surface area contributed by atoms with Crippen LogP contribution in [0.4, 0.5) is 0 Å². The van der Waals surface area contributed by atoms with Gasteiger partial charge in [-0.15, -0.1) is 0 Å². The second kappa shape index (κ2) is 10.8. The minimum Gasteiger partial charge on any atom is -0.507 e. The minimum atomic E-state index is -0.755. The second-order valence-electron chi connectivity index (χ2n) is 8.97. The van der Waals surface area contributed by atoms with Gasteiger partial charge in [0.2, 0.25) is 6.33 Å². The number of ketones is 1. The van der Waals surface area contributed by atoms with Crippen LogP contribution in [0.1, 0.15) is 36.9 Å². The van der Waals surface area contributed by atoms with E-state index in [2.05, 4.69) is 4.98 Å². The molecule has 3 heterocycles. The van der Waals surface area contributed by atoms with E-state index in [1.54, 1.807) is 18.2 Å². The smallest absolute Gasteiger partial charge is 0.295 e. The summed E-state index contributed by atoms with van der Waals surface area (Å²) in [5.41, 5.74) is 1.12. The summed E-state index contributed by atoms with van der Waals surface area (Å²) in [6.07, 6.45) is 7.04. The number of aromatic amines is 1. The number of hydrogen-bond acceptors (Lipinski definition) is 6. The van der Waals surface area contributed by atoms with E-state index >= 15 is 0 Å². The third-order valence-electron chi connectivity index (χ3n) is 6.42. The van der Waals surface area contributed by atoms with Crippen LogP contribution >= 0.6 is 0 Å². The van der Waals surface area contributed by atoms with Gasteiger partial charge in [0.05, 0.1) is 24.8 Å². The number of H-pyrrole nitrogens is 1. The molecule has 9 heteroatoms. The maximum atomic E-state index is 13.3. The summed E-state index contributed by atoms with van der Waals surface area (Å²) in [7, 11) is 0. The second-order valence-corrected chi connectivity index (χ2v) is 8.97. The van der Waals surface area contributed by atoms with Crippen molar-refractivity contribution in [3.63, 3.8) is 0 Å². The number of likely N-dealkylation sites (tertiary alicyclic amines) is 1. The number of aliphatic hydroxyl groups excluding tert-OH is 1. The zero-order valence-corrected chi connectivity index (χ0v) is 20.7. The van der Waals surface area contributed by atoms with Crippen LogP contribution in [0.5, 0.6) is 17.2 Å². The van der Waals surface area contributed by atoms with Gasteiger partial charge in [0.1, 0.15) is 37.1 Å². The van der Waals surface area contributed by atoms with Crippen molar-refractivity contribution < 1.29 is 33.5 Å². The average Bonchev–Trinajstić information content (AvgIpc) is 3.54. The Morgan fingerprint density at radius 2 is 2.00 bits per heavy atom. The number of Topliss-reactive ketones (excluding diaryl/α,β-unsaturated/α-hetero) is 1. The van der Waals surface area contributed by atoms with Crippen molar-refractivity contribution in [3.05, 3.63) is 77.9 Å². The van der Waals surface area contributed by atoms with Crippen molar-refractivity contribution in [1.82, 2.24) is 9.88 Å². The number of amides is 1. The van der Waals surface area contributed by atoms with Crippen LogP contribution in [-0.2, 0) is 16.1 Å². The van der Waals surface area contributed by atoms with Gasteiger partial charge in [-0.3, -0.25) is 14.6 Å². The molecule has 1 saturated heterocycles. The van der Waals surface area contributed by atoms with Crippen LogP contribution in [0.2, 0.25) is 0 Å². The molecule has 9 nitrogen and oxygen atoms in total. The van der Waals surface area contributed by atoms with Gasteiger partial charge in [0.25, 0.3) is 11.7 Å². The molecule has 192 valence electrons. The molecular weight excluding hydrogens is 474 g/mol. The summed E-state index contributed by atoms with van der Waals surface area (Å²) < 4.78 is 19.0. The first-order chi connectivity index (χ1) is 18.1. The number of ether oxygens (including phenoxy) is 3. The molecule has 1 amide bonds. The number of aromatic nitrogens is 2. The standard InChI is InChI=1S/C28H29N3O6/c1-2-13-35-21-6-3-5-19(16-21)25-24(26(32)20-7-8-22-23(17-20)37-15-14-36-22)27(33)28(34)31(25)11-4-10-30-12-9-29-18-30/h3,5-9,12,16-18,25H,2,4,10-11,13-15H2,1H3,(H,32,33)/p+1. The number of carbonyl (C=O) groups is 2. The minimum absolute atomic E-state index is 0.0450. The summed E-state index contributed by atoms with van der Waals surface area (Å²) in [6, 6.07) is 11.6. The third kappa shape index (κ3) is 5.02. The molecule has 37 heavy (non-hydrogen) atoms. The maximum Gasteiger partial charge on any atom is 0.295 e. The number of nitrogens with zero attached hydrogens (tertiary/aromatic N) is 2. The lowest BCUT2D eigenvalue weighted by Gasteiger charge is -2.25. The van der Waals surface area contributed by atoms with E-state index in [1.165, 1.54) is 4.90 Å². The van der Waals surface area contributed by atoms with Crippen LogP contribution < -0.4 is 18.8 Å². The van der Waals surface area contributed by atoms with Gasteiger partial charge in [-0.2, -0.15) is 0 Å². The molecule has 1 aromatic heterocycles. The molecule has 0 spiro atoms. The molecule has 1 atom stereocenters. The SMILES string of the molecule is CCCOc1cccc(C2/C(=C(\O)c3ccc4c(c3)OCCO4)C(=O)C(=O)N2CCC[n+]2cc[nH]c2)c1. The quantitative estimate of drug-likeness (QED) is 0.200. The number of hydrogen-bond donors (Lipinski definition) is 2. The highest BCUT2D eigenvalue weighted by Gasteiger charge is 2.46. The number of fused-ring (bicyclic) bond motifs is 1. The summed E-state index contributed by atoms with van der Waals surface area (Å²) in [5.74, 6) is 0.104. The van der Waals surface area contributed by atoms with Gasteiger partial charge in [-0.05, 0) is 42.3 Å². The van der Waals surface area contributed by atoms with Crippen LogP contribution in [0, 0.1) is 0 Å². The Bertz CT molecular complexity index is 1320. The van der Waals surface area contributed by atoms with Crippen molar-refractivity contribution in [2.45, 2.75) is 32.4 Å². The highest BCUT2D eigenvalue weighted by atomic mass is 16.6. The highest BCUT2D eigenvalue weighted by Crippen LogP contribution is 2.41. The first-order valence-electron chi connectivity index (χ1n) is 12.5. The Morgan fingerprint density at radius 1 is 1.16 bits per heavy atom. The molecule has 2 aromatic carbocycles. The topological polar surface area (TPSA) is 105 Å². The lowest BCUT2D eigenvalue weighted by molar-refractivity contribution is -0.695. The monoisotopic (exact) mass is 504 g/mol. The molecule has 1 fully saturated rings. The lowest BCUT2D eigenvalue weighted by Crippen LogP contribution is -2.36. The van der Waals surface area contributed by atoms with E-state index in [4.69, 9.17) is 14.2 Å². The van der Waals surface area contributed by atoms with E-state index in [1.807, 2.05) is 54.5 Å². The van der Waals surface area contributed by atoms with E-state index in [-0.39, 0.29) is 11.3 Å². The van der Waals surface area contributed by atoms with Crippen LogP contribution in [-0.4, -0.2) is 53.0 Å². The highest BCUT2D eigenvalue weighted by molar-refractivity contribution is 6.46. The first kappa shape index (κ1) is 24.4. The number of nitrogens with one attached hydrogen (secondary N) is 1. The number of carbonyl (C=O) groups excluding carboxylic acids is 2. The maximum absolute atomic E-state index is 13.3. The molecular formula is C28H30N3O6+. The van der Waals surface area contributed by atoms with Crippen molar-refractivity contribution in [3.8, 4) is 17.2 Å². The summed E-state index contributed by atoms with van der Waals surface area (Å²) in [5, 5.41) is 11.4. The lowest BCUT2D eigenvalue weighted by atomic mass is 9.95. The zero-order chi connectivity index (χ0) is 25.8. The van der Waals surface area contributed by atoms with Crippen molar-refractivity contribution in [1.29, 1.82) is 0 Å². The van der Waals surface area contributed by atoms with E-state index in [0.717, 1.165) is 6.42 Å². The Kier molecular flexibility index (Phi) is 7.11. The fourth-order valence-corrected chi connectivity index (χ4v) is 4.68. The Labute approximate surface area is 214 Å². The Balaban J connectivity index is 1.53. The van der Waals surface area contributed by atoms with Gasteiger partial charge in [-0.1, -0.05) is 19.1 Å². The number of aryl methyl sites for hydroxylation is 1. The number of rotatable bonds is 9. The largest absolute Gasteiger partial charge is 0.507 e. The van der Waals surface area contributed by atoms with Crippen LogP contribution in [0.3, 0.4) is 0 Å². The Morgan fingerprint density at radius 3 is 2.78 bits per heavy atom. The van der Waals surface area contributed by atoms with Crippen molar-refractivity contribution in [2.75, 3.05) is 26.4 Å². The number of aliphatic hydroxyl groups is 1. The molecule has 0 aliphatic carbocycles. The van der Waals surface area contributed by atoms with Gasteiger partial charge in [0, 0.05) is 18.5 Å². The van der Waals surface area contributed by atoms with Gasteiger partial charge < -0.3 is 24.2 Å². The summed E-state index contributed by atoms with van der Waals surface area (Å²) in [6.45, 7) is 4.42. The first-order valence-corrected chi connectivity index (χ1v) is 12.5. The van der Waals surface area contributed by atoms with Gasteiger partial charge >= 0.3 is 0 Å². The molecule has 0 bridgehead atoms. The van der Waals surface area contributed by atoms with E-state index in [0.29, 0.717) is 67.7 Å². The number of imidazole rings is 1. The van der Waals surface area contributed by atoms with Crippen molar-refractivity contribution >= 4 is 17.4 Å². The Hall–Kier alpha value is -4.27.